The lowest BCUT2D eigenvalue weighted by atomic mass is 9.97. The topological polar surface area (TPSA) is 54.9 Å². The van der Waals surface area contributed by atoms with Crippen molar-refractivity contribution in [2.24, 2.45) is 0 Å². The third-order valence-corrected chi connectivity index (χ3v) is 4.15. The van der Waals surface area contributed by atoms with E-state index in [1.165, 1.54) is 57.1 Å². The zero-order chi connectivity index (χ0) is 16.5. The van der Waals surface area contributed by atoms with Crippen LogP contribution in [0.15, 0.2) is 24.3 Å². The van der Waals surface area contributed by atoms with Gasteiger partial charge in [0, 0.05) is 5.69 Å². The zero-order valence-electron chi connectivity index (χ0n) is 13.3. The van der Waals surface area contributed by atoms with E-state index in [-0.39, 0.29) is 11.7 Å². The molecular weight excluding hydrogens is 302 g/mol. The van der Waals surface area contributed by atoms with Gasteiger partial charge in [0.2, 0.25) is 0 Å². The van der Waals surface area contributed by atoms with Crippen molar-refractivity contribution in [3.8, 4) is 5.75 Å². The van der Waals surface area contributed by atoms with Gasteiger partial charge in [-0.2, -0.15) is 8.78 Å². The quantitative estimate of drug-likeness (QED) is 0.844. The molecular formula is C17H25F2N2O2+. The highest BCUT2D eigenvalue weighted by Gasteiger charge is 2.15. The van der Waals surface area contributed by atoms with Crippen LogP contribution in [0.1, 0.15) is 44.9 Å². The van der Waals surface area contributed by atoms with Crippen LogP contribution in [-0.4, -0.2) is 25.1 Å². The maximum atomic E-state index is 12.1. The predicted octanol–water partition coefficient (Wildman–Crippen LogP) is 2.90. The number of carbonyl (C=O) groups excluding carboxylic acids is 1. The third kappa shape index (κ3) is 6.95. The third-order valence-electron chi connectivity index (χ3n) is 4.15. The van der Waals surface area contributed by atoms with Gasteiger partial charge in [0.05, 0.1) is 6.04 Å². The predicted molar refractivity (Wildman–Crippen MR) is 84.6 cm³/mol. The number of quaternary nitrogens is 1. The van der Waals surface area contributed by atoms with Gasteiger partial charge in [-0.05, 0) is 49.9 Å². The molecule has 6 heteroatoms. The number of halogens is 2. The van der Waals surface area contributed by atoms with Gasteiger partial charge in [0.15, 0.2) is 6.54 Å². The van der Waals surface area contributed by atoms with Crippen molar-refractivity contribution in [1.82, 2.24) is 0 Å². The molecule has 0 heterocycles. The maximum absolute atomic E-state index is 12.1. The van der Waals surface area contributed by atoms with Gasteiger partial charge in [-0.15, -0.1) is 0 Å². The number of amides is 1. The van der Waals surface area contributed by atoms with Crippen molar-refractivity contribution < 1.29 is 23.6 Å². The lowest BCUT2D eigenvalue weighted by Gasteiger charge is -2.18. The molecule has 1 fully saturated rings. The summed E-state index contributed by atoms with van der Waals surface area (Å²) in [4.78, 5) is 12.0. The molecule has 0 spiro atoms. The standard InChI is InChI=1S/C17H24F2N2O2/c18-17(19)23-15-10-8-14(9-11-15)21-16(22)12-20-13-6-4-2-1-3-5-7-13/h8-11,13,17,20H,1-7,12H2,(H,21,22)/p+1. The van der Waals surface area contributed by atoms with E-state index in [1.807, 2.05) is 0 Å². The second-order valence-electron chi connectivity index (χ2n) is 6.00. The van der Waals surface area contributed by atoms with Gasteiger partial charge in [-0.1, -0.05) is 19.3 Å². The molecule has 128 valence electrons. The Morgan fingerprint density at radius 3 is 2.35 bits per heavy atom. The minimum Gasteiger partial charge on any atom is -0.435 e. The molecule has 2 rings (SSSR count). The van der Waals surface area contributed by atoms with Crippen LogP contribution in [0.4, 0.5) is 14.5 Å². The fourth-order valence-corrected chi connectivity index (χ4v) is 2.93. The van der Waals surface area contributed by atoms with E-state index in [2.05, 4.69) is 15.4 Å². The van der Waals surface area contributed by atoms with Gasteiger partial charge in [0.25, 0.3) is 5.91 Å². The first kappa shape index (κ1) is 17.7. The minimum atomic E-state index is -2.84. The molecule has 0 bridgehead atoms. The molecule has 1 aliphatic rings. The molecule has 0 saturated heterocycles. The lowest BCUT2D eigenvalue weighted by Crippen LogP contribution is -2.91. The van der Waals surface area contributed by atoms with E-state index in [0.717, 1.165) is 0 Å². The number of carbonyl (C=O) groups is 1. The minimum absolute atomic E-state index is 0.0745. The molecule has 4 nitrogen and oxygen atoms in total. The van der Waals surface area contributed by atoms with Crippen molar-refractivity contribution >= 4 is 11.6 Å². The molecule has 1 aromatic carbocycles. The summed E-state index contributed by atoms with van der Waals surface area (Å²) in [7, 11) is 0. The number of hydrogen-bond acceptors (Lipinski definition) is 2. The first-order valence-corrected chi connectivity index (χ1v) is 8.31. The zero-order valence-corrected chi connectivity index (χ0v) is 13.3. The number of anilines is 1. The molecule has 0 aromatic heterocycles. The number of nitrogens with one attached hydrogen (secondary N) is 1. The van der Waals surface area contributed by atoms with Crippen molar-refractivity contribution in [1.29, 1.82) is 0 Å². The summed E-state index contributed by atoms with van der Waals surface area (Å²) in [5.74, 6) is 0.00803. The number of alkyl halides is 2. The summed E-state index contributed by atoms with van der Waals surface area (Å²) in [6.07, 6.45) is 8.76. The molecule has 0 radical (unpaired) electrons. The number of benzene rings is 1. The average molecular weight is 327 g/mol. The highest BCUT2D eigenvalue weighted by Crippen LogP contribution is 2.17. The molecule has 0 unspecified atom stereocenters. The Balaban J connectivity index is 1.73. The summed E-state index contributed by atoms with van der Waals surface area (Å²) in [5, 5.41) is 4.90. The Bertz CT molecular complexity index is 472. The Morgan fingerprint density at radius 2 is 1.74 bits per heavy atom. The van der Waals surface area contributed by atoms with Crippen molar-refractivity contribution in [2.45, 2.75) is 57.6 Å². The van der Waals surface area contributed by atoms with E-state index in [9.17, 15) is 13.6 Å². The van der Waals surface area contributed by atoms with Crippen LogP contribution in [-0.2, 0) is 4.79 Å². The van der Waals surface area contributed by atoms with E-state index in [4.69, 9.17) is 0 Å². The van der Waals surface area contributed by atoms with Crippen LogP contribution < -0.4 is 15.4 Å². The molecule has 1 saturated carbocycles. The van der Waals surface area contributed by atoms with Crippen molar-refractivity contribution in [2.75, 3.05) is 11.9 Å². The Kier molecular flexibility index (Phi) is 7.26. The fourth-order valence-electron chi connectivity index (χ4n) is 2.93. The van der Waals surface area contributed by atoms with Gasteiger partial charge in [-0.25, -0.2) is 0 Å². The van der Waals surface area contributed by atoms with Crippen LogP contribution in [0, 0.1) is 0 Å². The molecule has 23 heavy (non-hydrogen) atoms. The molecule has 0 atom stereocenters. The van der Waals surface area contributed by atoms with Crippen LogP contribution >= 0.6 is 0 Å². The monoisotopic (exact) mass is 327 g/mol. The fraction of sp³-hybridized carbons (Fsp3) is 0.588. The van der Waals surface area contributed by atoms with Crippen LogP contribution in [0.25, 0.3) is 0 Å². The van der Waals surface area contributed by atoms with Crippen LogP contribution in [0.3, 0.4) is 0 Å². The first-order chi connectivity index (χ1) is 11.1. The summed E-state index contributed by atoms with van der Waals surface area (Å²) in [6, 6.07) is 6.49. The molecule has 0 aliphatic heterocycles. The largest absolute Gasteiger partial charge is 0.435 e. The second-order valence-corrected chi connectivity index (χ2v) is 6.00. The molecule has 1 amide bonds. The summed E-state index contributed by atoms with van der Waals surface area (Å²) in [6.45, 7) is -2.45. The molecule has 1 aromatic rings. The maximum Gasteiger partial charge on any atom is 0.387 e. The smallest absolute Gasteiger partial charge is 0.387 e. The van der Waals surface area contributed by atoms with Gasteiger partial charge in [-0.3, -0.25) is 4.79 Å². The highest BCUT2D eigenvalue weighted by molar-refractivity contribution is 5.91. The van der Waals surface area contributed by atoms with Gasteiger partial charge >= 0.3 is 6.61 Å². The summed E-state index contributed by atoms with van der Waals surface area (Å²) < 4.78 is 28.4. The second kappa shape index (κ2) is 9.45. The lowest BCUT2D eigenvalue weighted by molar-refractivity contribution is -0.680. The summed E-state index contributed by atoms with van der Waals surface area (Å²) >= 11 is 0. The number of hydrogen-bond donors (Lipinski definition) is 2. The number of nitrogens with two attached hydrogens (primary N) is 1. The van der Waals surface area contributed by atoms with Gasteiger partial charge in [0.1, 0.15) is 5.75 Å². The Hall–Kier alpha value is -1.69. The number of ether oxygens (including phenoxy) is 1. The Labute approximate surface area is 135 Å². The van der Waals surface area contributed by atoms with E-state index < -0.39 is 6.61 Å². The van der Waals surface area contributed by atoms with Crippen molar-refractivity contribution in [3.05, 3.63) is 24.3 Å². The Morgan fingerprint density at radius 1 is 1.13 bits per heavy atom. The van der Waals surface area contributed by atoms with Crippen molar-refractivity contribution in [3.63, 3.8) is 0 Å². The molecule has 1 aliphatic carbocycles. The SMILES string of the molecule is O=C(C[NH2+]C1CCCCCCC1)Nc1ccc(OC(F)F)cc1. The van der Waals surface area contributed by atoms with E-state index in [1.54, 1.807) is 12.1 Å². The highest BCUT2D eigenvalue weighted by atomic mass is 19.3. The first-order valence-electron chi connectivity index (χ1n) is 8.31. The molecule has 3 N–H and O–H groups in total. The number of rotatable bonds is 6. The van der Waals surface area contributed by atoms with Gasteiger partial charge < -0.3 is 15.4 Å². The van der Waals surface area contributed by atoms with Crippen LogP contribution in [0.5, 0.6) is 5.75 Å². The van der Waals surface area contributed by atoms with Crippen LogP contribution in [0.2, 0.25) is 0 Å². The normalized spacial score (nSPS) is 16.7. The van der Waals surface area contributed by atoms with E-state index >= 15 is 0 Å². The average Bonchev–Trinajstić information content (AvgIpc) is 2.47. The van der Waals surface area contributed by atoms with E-state index in [0.29, 0.717) is 18.3 Å². The summed E-state index contributed by atoms with van der Waals surface area (Å²) in [5.41, 5.74) is 0.586.